The lowest BCUT2D eigenvalue weighted by atomic mass is 10.1. The molecule has 0 amide bonds. The Morgan fingerprint density at radius 1 is 1.50 bits per heavy atom. The lowest BCUT2D eigenvalue weighted by Gasteiger charge is -2.25. The van der Waals surface area contributed by atoms with E-state index in [2.05, 4.69) is 15.2 Å². The van der Waals surface area contributed by atoms with Crippen molar-refractivity contribution in [2.45, 2.75) is 13.0 Å². The van der Waals surface area contributed by atoms with E-state index in [1.807, 2.05) is 4.90 Å². The lowest BCUT2D eigenvalue weighted by molar-refractivity contribution is -0.389. The molecule has 9 heteroatoms. The molecule has 102 valence electrons. The summed E-state index contributed by atoms with van der Waals surface area (Å²) in [7, 11) is 0. The molecule has 20 heavy (non-hydrogen) atoms. The van der Waals surface area contributed by atoms with Crippen LogP contribution in [-0.4, -0.2) is 31.1 Å². The van der Waals surface area contributed by atoms with Gasteiger partial charge in [-0.3, -0.25) is 5.10 Å². The fourth-order valence-corrected chi connectivity index (χ4v) is 3.25. The number of fused-ring (bicyclic) bond motifs is 2. The van der Waals surface area contributed by atoms with E-state index in [1.165, 1.54) is 15.7 Å². The molecule has 1 aliphatic heterocycles. The van der Waals surface area contributed by atoms with Crippen LogP contribution in [-0.2, 0) is 13.0 Å². The number of hydrogen-bond acceptors (Lipinski definition) is 6. The molecule has 8 nitrogen and oxygen atoms in total. The van der Waals surface area contributed by atoms with Gasteiger partial charge in [-0.05, 0) is 4.92 Å². The predicted octanol–water partition coefficient (Wildman–Crippen LogP) is 1.59. The van der Waals surface area contributed by atoms with Gasteiger partial charge in [-0.2, -0.15) is 14.5 Å². The highest BCUT2D eigenvalue weighted by atomic mass is 32.1. The van der Waals surface area contributed by atoms with Crippen LogP contribution in [0, 0.1) is 10.1 Å². The summed E-state index contributed by atoms with van der Waals surface area (Å²) in [5.41, 5.74) is 2.17. The number of hydrogen-bond donors (Lipinski definition) is 1. The number of aromatic nitrogens is 4. The van der Waals surface area contributed by atoms with Crippen LogP contribution < -0.4 is 4.90 Å². The maximum absolute atomic E-state index is 11.3. The predicted molar refractivity (Wildman–Crippen MR) is 73.1 cm³/mol. The second-order valence-corrected chi connectivity index (χ2v) is 5.49. The van der Waals surface area contributed by atoms with Gasteiger partial charge in [-0.25, -0.2) is 0 Å². The Kier molecular flexibility index (Phi) is 2.30. The first kappa shape index (κ1) is 11.4. The van der Waals surface area contributed by atoms with Gasteiger partial charge in [-0.1, -0.05) is 11.3 Å². The van der Waals surface area contributed by atoms with E-state index in [9.17, 15) is 10.1 Å². The van der Waals surface area contributed by atoms with Crippen LogP contribution in [0.3, 0.4) is 0 Å². The quantitative estimate of drug-likeness (QED) is 0.571. The van der Waals surface area contributed by atoms with E-state index in [0.29, 0.717) is 23.9 Å². The zero-order valence-electron chi connectivity index (χ0n) is 10.3. The Hall–Kier alpha value is -2.42. The van der Waals surface area contributed by atoms with E-state index >= 15 is 0 Å². The van der Waals surface area contributed by atoms with E-state index in [-0.39, 0.29) is 10.7 Å². The number of rotatable bonds is 2. The third-order valence-corrected chi connectivity index (χ3v) is 4.25. The number of aromatic amines is 1. The second-order valence-electron chi connectivity index (χ2n) is 4.62. The van der Waals surface area contributed by atoms with Gasteiger partial charge in [0.2, 0.25) is 5.82 Å². The number of anilines is 1. The fourth-order valence-electron chi connectivity index (χ4n) is 2.55. The SMILES string of the molecule is O=[N+]([O-])c1c(N2CCc3[nH]ncc3C2)nc2sccn12. The van der Waals surface area contributed by atoms with Crippen LogP contribution in [0.15, 0.2) is 17.8 Å². The van der Waals surface area contributed by atoms with Gasteiger partial charge in [0.25, 0.3) is 4.96 Å². The molecule has 1 aliphatic rings. The van der Waals surface area contributed by atoms with Crippen molar-refractivity contribution in [3.8, 4) is 0 Å². The molecule has 0 atom stereocenters. The summed E-state index contributed by atoms with van der Waals surface area (Å²) in [6.45, 7) is 1.29. The molecule has 4 heterocycles. The van der Waals surface area contributed by atoms with E-state index in [0.717, 1.165) is 17.7 Å². The third kappa shape index (κ3) is 1.53. The molecule has 1 N–H and O–H groups in total. The topological polar surface area (TPSA) is 92.4 Å². The van der Waals surface area contributed by atoms with Gasteiger partial charge < -0.3 is 15.0 Å². The van der Waals surface area contributed by atoms with Crippen molar-refractivity contribution in [3.63, 3.8) is 0 Å². The highest BCUT2D eigenvalue weighted by Crippen LogP contribution is 2.33. The minimum atomic E-state index is -0.368. The average Bonchev–Trinajstić information content (AvgIpc) is 3.11. The van der Waals surface area contributed by atoms with Crippen LogP contribution in [0.5, 0.6) is 0 Å². The second kappa shape index (κ2) is 4.04. The van der Waals surface area contributed by atoms with Crippen molar-refractivity contribution in [3.05, 3.63) is 39.1 Å². The Morgan fingerprint density at radius 3 is 3.25 bits per heavy atom. The molecular formula is C11H10N6O2S. The summed E-state index contributed by atoms with van der Waals surface area (Å²) in [5.74, 6) is 0.474. The van der Waals surface area contributed by atoms with Crippen LogP contribution in [0.2, 0.25) is 0 Å². The molecule has 0 aromatic carbocycles. The first-order valence-electron chi connectivity index (χ1n) is 6.10. The summed E-state index contributed by atoms with van der Waals surface area (Å²) in [6.07, 6.45) is 4.24. The van der Waals surface area contributed by atoms with Crippen molar-refractivity contribution in [1.82, 2.24) is 19.6 Å². The number of imidazole rings is 1. The number of nitrogens with one attached hydrogen (secondary N) is 1. The highest BCUT2D eigenvalue weighted by molar-refractivity contribution is 7.15. The Morgan fingerprint density at radius 2 is 2.40 bits per heavy atom. The molecule has 4 rings (SSSR count). The normalized spacial score (nSPS) is 14.7. The molecule has 0 unspecified atom stereocenters. The molecule has 0 bridgehead atoms. The average molecular weight is 290 g/mol. The first-order chi connectivity index (χ1) is 9.74. The maximum Gasteiger partial charge on any atom is 0.373 e. The van der Waals surface area contributed by atoms with Crippen molar-refractivity contribution >= 4 is 27.9 Å². The monoisotopic (exact) mass is 290 g/mol. The van der Waals surface area contributed by atoms with Gasteiger partial charge in [0.05, 0.1) is 6.20 Å². The Labute approximate surface area is 116 Å². The van der Waals surface area contributed by atoms with Crippen LogP contribution >= 0.6 is 11.3 Å². The molecule has 0 saturated heterocycles. The van der Waals surface area contributed by atoms with E-state index in [1.54, 1.807) is 17.8 Å². The fraction of sp³-hybridized carbons (Fsp3) is 0.273. The first-order valence-corrected chi connectivity index (χ1v) is 6.98. The minimum Gasteiger partial charge on any atom is -0.358 e. The summed E-state index contributed by atoms with van der Waals surface area (Å²) in [6, 6.07) is 0. The number of H-pyrrole nitrogens is 1. The number of thiazole rings is 1. The Bertz CT molecular complexity index is 803. The third-order valence-electron chi connectivity index (χ3n) is 3.49. The van der Waals surface area contributed by atoms with Gasteiger partial charge in [-0.15, -0.1) is 0 Å². The smallest absolute Gasteiger partial charge is 0.358 e. The standard InChI is InChI=1S/C11H10N6O2S/c18-17(19)10-9(13-11-16(10)3-4-20-11)15-2-1-8-7(6-15)5-12-14-8/h3-5H,1-2,6H2,(H,12,14). The molecule has 3 aromatic heterocycles. The van der Waals surface area contributed by atoms with Crippen molar-refractivity contribution in [2.24, 2.45) is 0 Å². The zero-order chi connectivity index (χ0) is 13.7. The van der Waals surface area contributed by atoms with E-state index in [4.69, 9.17) is 0 Å². The van der Waals surface area contributed by atoms with Crippen molar-refractivity contribution in [2.75, 3.05) is 11.4 Å². The number of nitro groups is 1. The molecular weight excluding hydrogens is 280 g/mol. The molecule has 0 saturated carbocycles. The molecule has 0 radical (unpaired) electrons. The van der Waals surface area contributed by atoms with E-state index < -0.39 is 0 Å². The molecule has 0 fully saturated rings. The van der Waals surface area contributed by atoms with Crippen LogP contribution in [0.1, 0.15) is 11.3 Å². The molecule has 0 spiro atoms. The number of nitrogens with zero attached hydrogens (tertiary/aromatic N) is 5. The van der Waals surface area contributed by atoms with Crippen LogP contribution in [0.25, 0.3) is 4.96 Å². The summed E-state index contributed by atoms with van der Waals surface area (Å²) >= 11 is 1.39. The Balaban J connectivity index is 1.81. The largest absolute Gasteiger partial charge is 0.373 e. The summed E-state index contributed by atoms with van der Waals surface area (Å²) < 4.78 is 1.53. The molecule has 3 aromatic rings. The van der Waals surface area contributed by atoms with Gasteiger partial charge >= 0.3 is 5.82 Å². The van der Waals surface area contributed by atoms with Gasteiger partial charge in [0.15, 0.2) is 0 Å². The van der Waals surface area contributed by atoms with Crippen molar-refractivity contribution in [1.29, 1.82) is 0 Å². The zero-order valence-corrected chi connectivity index (χ0v) is 11.1. The summed E-state index contributed by atoms with van der Waals surface area (Å²) in [4.78, 5) is 18.0. The van der Waals surface area contributed by atoms with Gasteiger partial charge in [0.1, 0.15) is 6.20 Å². The lowest BCUT2D eigenvalue weighted by Crippen LogP contribution is -2.30. The highest BCUT2D eigenvalue weighted by Gasteiger charge is 2.30. The van der Waals surface area contributed by atoms with Gasteiger partial charge in [0, 0.05) is 36.1 Å². The summed E-state index contributed by atoms with van der Waals surface area (Å²) in [5, 5.41) is 20.1. The maximum atomic E-state index is 11.3. The molecule has 0 aliphatic carbocycles. The minimum absolute atomic E-state index is 0.0354. The van der Waals surface area contributed by atoms with Crippen LogP contribution in [0.4, 0.5) is 11.6 Å². The van der Waals surface area contributed by atoms with Crippen molar-refractivity contribution < 1.29 is 4.92 Å².